The first-order valence-electron chi connectivity index (χ1n) is 8.25. The molecule has 1 heterocycles. The molecule has 3 heteroatoms. The van der Waals surface area contributed by atoms with Crippen molar-refractivity contribution in [2.24, 2.45) is 11.1 Å². The third-order valence-corrected chi connectivity index (χ3v) is 4.97. The van der Waals surface area contributed by atoms with Gasteiger partial charge in [0.25, 0.3) is 0 Å². The molecule has 1 aliphatic carbocycles. The summed E-state index contributed by atoms with van der Waals surface area (Å²) in [6, 6.07) is 7.88. The van der Waals surface area contributed by atoms with Crippen LogP contribution in [0.5, 0.6) is 5.75 Å². The summed E-state index contributed by atoms with van der Waals surface area (Å²) < 4.78 is 5.01. The number of nitrogens with two attached hydrogens (primary N) is 1. The molecule has 0 radical (unpaired) electrons. The van der Waals surface area contributed by atoms with Crippen molar-refractivity contribution in [3.63, 3.8) is 0 Å². The number of piperidine rings is 1. The van der Waals surface area contributed by atoms with Gasteiger partial charge in [-0.05, 0) is 68.8 Å². The van der Waals surface area contributed by atoms with Gasteiger partial charge in [0.1, 0.15) is 5.75 Å². The van der Waals surface area contributed by atoms with E-state index in [0.717, 1.165) is 16.7 Å². The second-order valence-electron chi connectivity index (χ2n) is 6.52. The second kappa shape index (κ2) is 7.81. The van der Waals surface area contributed by atoms with Crippen LogP contribution in [0.2, 0.25) is 0 Å². The lowest BCUT2D eigenvalue weighted by Gasteiger charge is -2.33. The van der Waals surface area contributed by atoms with Crippen molar-refractivity contribution < 1.29 is 4.74 Å². The van der Waals surface area contributed by atoms with Crippen LogP contribution in [0.3, 0.4) is 0 Å². The number of benzene rings is 1. The van der Waals surface area contributed by atoms with Gasteiger partial charge in [-0.25, -0.2) is 0 Å². The molecule has 21 heavy (non-hydrogen) atoms. The quantitative estimate of drug-likeness (QED) is 0.874. The zero-order valence-corrected chi connectivity index (χ0v) is 13.5. The molecular formula is C18H30N2O. The topological polar surface area (TPSA) is 47.3 Å². The Labute approximate surface area is 129 Å². The molecule has 2 fully saturated rings. The number of hydrogen-bond donors (Lipinski definition) is 2. The van der Waals surface area contributed by atoms with Crippen LogP contribution in [0.4, 0.5) is 0 Å². The highest BCUT2D eigenvalue weighted by molar-refractivity contribution is 5.28. The van der Waals surface area contributed by atoms with E-state index in [0.29, 0.717) is 0 Å². The Kier molecular flexibility index (Phi) is 6.07. The summed E-state index contributed by atoms with van der Waals surface area (Å²) in [5.74, 6) is 0.870. The Bertz CT molecular complexity index is 400. The van der Waals surface area contributed by atoms with Gasteiger partial charge in [-0.3, -0.25) is 0 Å². The van der Waals surface area contributed by atoms with Gasteiger partial charge in [-0.1, -0.05) is 25.0 Å². The van der Waals surface area contributed by atoms with E-state index in [-0.39, 0.29) is 6.04 Å². The maximum atomic E-state index is 5.66. The fraction of sp³-hybridized carbons (Fsp3) is 0.667. The first-order valence-corrected chi connectivity index (χ1v) is 8.25. The largest absolute Gasteiger partial charge is 0.497 e. The zero-order chi connectivity index (χ0) is 15.1. The Hall–Kier alpha value is -1.06. The molecule has 2 aliphatic rings. The van der Waals surface area contributed by atoms with Crippen LogP contribution >= 0.6 is 0 Å². The lowest BCUT2D eigenvalue weighted by atomic mass is 9.78. The molecule has 1 aromatic rings. The van der Waals surface area contributed by atoms with E-state index in [1.54, 1.807) is 7.11 Å². The van der Waals surface area contributed by atoms with E-state index in [1.165, 1.54) is 51.6 Å². The van der Waals surface area contributed by atoms with E-state index in [2.05, 4.69) is 5.32 Å². The standard InChI is InChI=1S/C9H13NO.C9H17N/c1-7(10)8-3-5-9(11-2)6-4-8;1-2-4-9(3-1)5-7-10-8-6-9/h3-7H,10H2,1-2H3;10H,1-8H2. The minimum absolute atomic E-state index is 0.0981. The second-order valence-corrected chi connectivity index (χ2v) is 6.52. The van der Waals surface area contributed by atoms with E-state index >= 15 is 0 Å². The van der Waals surface area contributed by atoms with Gasteiger partial charge in [0.2, 0.25) is 0 Å². The highest BCUT2D eigenvalue weighted by Crippen LogP contribution is 2.44. The smallest absolute Gasteiger partial charge is 0.118 e. The maximum Gasteiger partial charge on any atom is 0.118 e. The van der Waals surface area contributed by atoms with Crippen molar-refractivity contribution in [3.8, 4) is 5.75 Å². The average Bonchev–Trinajstić information content (AvgIpc) is 2.96. The molecule has 1 unspecified atom stereocenters. The summed E-state index contributed by atoms with van der Waals surface area (Å²) in [4.78, 5) is 0. The van der Waals surface area contributed by atoms with E-state index in [4.69, 9.17) is 10.5 Å². The monoisotopic (exact) mass is 290 g/mol. The Morgan fingerprint density at radius 3 is 2.10 bits per heavy atom. The van der Waals surface area contributed by atoms with Crippen LogP contribution in [0.25, 0.3) is 0 Å². The fourth-order valence-electron chi connectivity index (χ4n) is 3.49. The van der Waals surface area contributed by atoms with Crippen LogP contribution in [0.15, 0.2) is 24.3 Å². The molecule has 1 aliphatic heterocycles. The van der Waals surface area contributed by atoms with Crippen LogP contribution in [0, 0.1) is 5.41 Å². The molecule has 1 saturated carbocycles. The van der Waals surface area contributed by atoms with Crippen molar-refractivity contribution in [1.29, 1.82) is 0 Å². The summed E-state index contributed by atoms with van der Waals surface area (Å²) in [5.41, 5.74) is 7.61. The SMILES string of the molecule is C1CCC2(C1)CCNCC2.COc1ccc(C(C)N)cc1. The van der Waals surface area contributed by atoms with Gasteiger partial charge in [-0.15, -0.1) is 0 Å². The lowest BCUT2D eigenvalue weighted by molar-refractivity contribution is 0.210. The Morgan fingerprint density at radius 2 is 1.62 bits per heavy atom. The average molecular weight is 290 g/mol. The molecule has 1 aromatic carbocycles. The molecule has 3 nitrogen and oxygen atoms in total. The number of rotatable bonds is 2. The first-order chi connectivity index (χ1) is 10.2. The molecule has 1 atom stereocenters. The van der Waals surface area contributed by atoms with Gasteiger partial charge in [0.15, 0.2) is 0 Å². The highest BCUT2D eigenvalue weighted by atomic mass is 16.5. The normalized spacial score (nSPS) is 21.5. The Balaban J connectivity index is 0.000000154. The number of ether oxygens (including phenoxy) is 1. The van der Waals surface area contributed by atoms with Crippen molar-refractivity contribution in [2.75, 3.05) is 20.2 Å². The third kappa shape index (κ3) is 4.72. The molecule has 1 spiro atoms. The number of hydrogen-bond acceptors (Lipinski definition) is 3. The van der Waals surface area contributed by atoms with Gasteiger partial charge in [0.05, 0.1) is 7.11 Å². The van der Waals surface area contributed by atoms with Crippen molar-refractivity contribution in [3.05, 3.63) is 29.8 Å². The number of methoxy groups -OCH3 is 1. The van der Waals surface area contributed by atoms with E-state index < -0.39 is 0 Å². The van der Waals surface area contributed by atoms with Gasteiger partial charge in [-0.2, -0.15) is 0 Å². The summed E-state index contributed by atoms with van der Waals surface area (Å²) in [7, 11) is 1.65. The van der Waals surface area contributed by atoms with E-state index in [1.807, 2.05) is 31.2 Å². The molecular weight excluding hydrogens is 260 g/mol. The predicted molar refractivity (Wildman–Crippen MR) is 88.6 cm³/mol. The van der Waals surface area contributed by atoms with Gasteiger partial charge in [0, 0.05) is 6.04 Å². The third-order valence-electron chi connectivity index (χ3n) is 4.97. The molecule has 118 valence electrons. The minimum Gasteiger partial charge on any atom is -0.497 e. The van der Waals surface area contributed by atoms with Crippen LogP contribution in [-0.4, -0.2) is 20.2 Å². The zero-order valence-electron chi connectivity index (χ0n) is 13.5. The molecule has 0 amide bonds. The van der Waals surface area contributed by atoms with Crippen molar-refractivity contribution in [2.45, 2.75) is 51.5 Å². The summed E-state index contributed by atoms with van der Waals surface area (Å²) in [5, 5.41) is 3.44. The van der Waals surface area contributed by atoms with Crippen LogP contribution in [0.1, 0.15) is 57.1 Å². The lowest BCUT2D eigenvalue weighted by Crippen LogP contribution is -2.34. The first kappa shape index (κ1) is 16.3. The van der Waals surface area contributed by atoms with Crippen LogP contribution < -0.4 is 15.8 Å². The Morgan fingerprint density at radius 1 is 1.05 bits per heavy atom. The molecule has 0 bridgehead atoms. The minimum atomic E-state index is 0.0981. The summed E-state index contributed by atoms with van der Waals surface area (Å²) >= 11 is 0. The van der Waals surface area contributed by atoms with Crippen molar-refractivity contribution >= 4 is 0 Å². The van der Waals surface area contributed by atoms with Crippen LogP contribution in [-0.2, 0) is 0 Å². The number of nitrogens with one attached hydrogen (secondary N) is 1. The predicted octanol–water partition coefficient (Wildman–Crippen LogP) is 3.65. The summed E-state index contributed by atoms with van der Waals surface area (Å²) in [6.07, 6.45) is 8.95. The van der Waals surface area contributed by atoms with Gasteiger partial charge < -0.3 is 15.8 Å². The maximum absolute atomic E-state index is 5.66. The highest BCUT2D eigenvalue weighted by Gasteiger charge is 2.34. The molecule has 3 N–H and O–H groups in total. The molecule has 3 rings (SSSR count). The summed E-state index contributed by atoms with van der Waals surface area (Å²) in [6.45, 7) is 4.52. The molecule has 1 saturated heterocycles. The fourth-order valence-corrected chi connectivity index (χ4v) is 3.49. The van der Waals surface area contributed by atoms with Crippen molar-refractivity contribution in [1.82, 2.24) is 5.32 Å². The van der Waals surface area contributed by atoms with Gasteiger partial charge >= 0.3 is 0 Å². The van der Waals surface area contributed by atoms with E-state index in [9.17, 15) is 0 Å². The molecule has 0 aromatic heterocycles.